The lowest BCUT2D eigenvalue weighted by atomic mass is 10.2. The number of hydrogen-bond donors (Lipinski definition) is 0. The van der Waals surface area contributed by atoms with Crippen LogP contribution >= 0.6 is 15.9 Å². The lowest BCUT2D eigenvalue weighted by Crippen LogP contribution is -2.35. The second kappa shape index (κ2) is 7.02. The molecule has 0 aliphatic carbocycles. The highest BCUT2D eigenvalue weighted by Crippen LogP contribution is 2.25. The summed E-state index contributed by atoms with van der Waals surface area (Å²) < 4.78 is 32.2. The molecule has 0 N–H and O–H groups in total. The Hall–Kier alpha value is -1.17. The third-order valence-corrected chi connectivity index (χ3v) is 3.73. The molecule has 1 aromatic rings. The van der Waals surface area contributed by atoms with Crippen molar-refractivity contribution in [2.75, 3.05) is 19.7 Å². The van der Waals surface area contributed by atoms with E-state index >= 15 is 0 Å². The Balaban J connectivity index is 1.96. The van der Waals surface area contributed by atoms with Gasteiger partial charge in [0.05, 0.1) is 0 Å². The monoisotopic (exact) mass is 347 g/mol. The van der Waals surface area contributed by atoms with E-state index in [1.807, 2.05) is 0 Å². The van der Waals surface area contributed by atoms with E-state index in [9.17, 15) is 13.6 Å². The molecule has 1 aliphatic heterocycles. The standard InChI is InChI=1S/C14H16BrF2NO2/c15-10-7-11(16)14(17)12(8-10)20-9-13(19)18-5-3-1-2-4-6-18/h7-8H,1-6,9H2. The number of hydrogen-bond acceptors (Lipinski definition) is 2. The summed E-state index contributed by atoms with van der Waals surface area (Å²) >= 11 is 3.06. The fourth-order valence-corrected chi connectivity index (χ4v) is 2.60. The van der Waals surface area contributed by atoms with E-state index in [1.165, 1.54) is 6.07 Å². The molecule has 0 spiro atoms. The summed E-state index contributed by atoms with van der Waals surface area (Å²) in [5.74, 6) is -2.51. The number of amides is 1. The molecule has 1 heterocycles. The zero-order valence-electron chi connectivity index (χ0n) is 11.0. The number of likely N-dealkylation sites (tertiary alicyclic amines) is 1. The molecule has 1 aromatic carbocycles. The van der Waals surface area contributed by atoms with E-state index in [0.717, 1.165) is 31.7 Å². The van der Waals surface area contributed by atoms with Crippen LogP contribution < -0.4 is 4.74 Å². The molecule has 20 heavy (non-hydrogen) atoms. The highest BCUT2D eigenvalue weighted by atomic mass is 79.9. The fraction of sp³-hybridized carbons (Fsp3) is 0.500. The van der Waals surface area contributed by atoms with E-state index in [2.05, 4.69) is 15.9 Å². The van der Waals surface area contributed by atoms with Gasteiger partial charge in [0, 0.05) is 17.6 Å². The molecule has 6 heteroatoms. The molecule has 0 atom stereocenters. The maximum atomic E-state index is 13.5. The van der Waals surface area contributed by atoms with Crippen molar-refractivity contribution in [2.45, 2.75) is 25.7 Å². The summed E-state index contributed by atoms with van der Waals surface area (Å²) in [6.07, 6.45) is 4.20. The van der Waals surface area contributed by atoms with Crippen molar-refractivity contribution in [3.63, 3.8) is 0 Å². The minimum absolute atomic E-state index is 0.188. The van der Waals surface area contributed by atoms with Crippen LogP contribution in [0.2, 0.25) is 0 Å². The van der Waals surface area contributed by atoms with E-state index in [0.29, 0.717) is 17.6 Å². The molecule has 0 radical (unpaired) electrons. The van der Waals surface area contributed by atoms with Gasteiger partial charge in [-0.15, -0.1) is 0 Å². The Morgan fingerprint density at radius 3 is 2.50 bits per heavy atom. The summed E-state index contributed by atoms with van der Waals surface area (Å²) in [6.45, 7) is 1.14. The Kier molecular flexibility index (Phi) is 5.34. The number of halogens is 3. The smallest absolute Gasteiger partial charge is 0.260 e. The third kappa shape index (κ3) is 3.91. The van der Waals surface area contributed by atoms with Crippen LogP contribution in [0.15, 0.2) is 16.6 Å². The summed E-state index contributed by atoms with van der Waals surface area (Å²) in [7, 11) is 0. The van der Waals surface area contributed by atoms with Crippen molar-refractivity contribution in [1.82, 2.24) is 4.90 Å². The molecule has 0 saturated carbocycles. The van der Waals surface area contributed by atoms with Crippen molar-refractivity contribution in [1.29, 1.82) is 0 Å². The van der Waals surface area contributed by atoms with Crippen LogP contribution in [-0.4, -0.2) is 30.5 Å². The average molecular weight is 348 g/mol. The average Bonchev–Trinajstić information content (AvgIpc) is 2.69. The molecule has 110 valence electrons. The minimum atomic E-state index is -1.07. The number of rotatable bonds is 3. The summed E-state index contributed by atoms with van der Waals surface area (Å²) in [6, 6.07) is 2.33. The Morgan fingerprint density at radius 2 is 1.85 bits per heavy atom. The largest absolute Gasteiger partial charge is 0.481 e. The minimum Gasteiger partial charge on any atom is -0.481 e. The molecular weight excluding hydrogens is 332 g/mol. The van der Waals surface area contributed by atoms with E-state index in [1.54, 1.807) is 4.90 Å². The van der Waals surface area contributed by atoms with Crippen molar-refractivity contribution in [2.24, 2.45) is 0 Å². The molecule has 1 saturated heterocycles. The van der Waals surface area contributed by atoms with Crippen LogP contribution in [0, 0.1) is 11.6 Å². The number of nitrogens with zero attached hydrogens (tertiary/aromatic N) is 1. The first-order chi connectivity index (χ1) is 9.58. The lowest BCUT2D eigenvalue weighted by molar-refractivity contribution is -0.133. The number of carbonyl (C=O) groups is 1. The van der Waals surface area contributed by atoms with Crippen molar-refractivity contribution < 1.29 is 18.3 Å². The van der Waals surface area contributed by atoms with Gasteiger partial charge in [0.25, 0.3) is 5.91 Å². The van der Waals surface area contributed by atoms with Gasteiger partial charge in [-0.2, -0.15) is 4.39 Å². The van der Waals surface area contributed by atoms with Crippen LogP contribution in [0.25, 0.3) is 0 Å². The first-order valence-corrected chi connectivity index (χ1v) is 7.42. The van der Waals surface area contributed by atoms with Crippen LogP contribution in [0.5, 0.6) is 5.75 Å². The summed E-state index contributed by atoms with van der Waals surface area (Å²) in [5.41, 5.74) is 0. The first-order valence-electron chi connectivity index (χ1n) is 6.63. The van der Waals surface area contributed by atoms with Gasteiger partial charge in [-0.05, 0) is 25.0 Å². The van der Waals surface area contributed by atoms with Crippen molar-refractivity contribution >= 4 is 21.8 Å². The first kappa shape index (κ1) is 15.2. The van der Waals surface area contributed by atoms with Crippen LogP contribution in [-0.2, 0) is 4.79 Å². The van der Waals surface area contributed by atoms with Gasteiger partial charge < -0.3 is 9.64 Å². The van der Waals surface area contributed by atoms with Gasteiger partial charge in [0.2, 0.25) is 5.82 Å². The SMILES string of the molecule is O=C(COc1cc(Br)cc(F)c1F)N1CCCCCC1. The summed E-state index contributed by atoms with van der Waals surface area (Å²) in [4.78, 5) is 13.7. The summed E-state index contributed by atoms with van der Waals surface area (Å²) in [5, 5.41) is 0. The van der Waals surface area contributed by atoms with Crippen molar-refractivity contribution in [3.8, 4) is 5.75 Å². The molecule has 1 aliphatic rings. The maximum Gasteiger partial charge on any atom is 0.260 e. The second-order valence-corrected chi connectivity index (χ2v) is 5.70. The maximum absolute atomic E-state index is 13.5. The highest BCUT2D eigenvalue weighted by Gasteiger charge is 2.18. The highest BCUT2D eigenvalue weighted by molar-refractivity contribution is 9.10. The molecule has 2 rings (SSSR count). The zero-order chi connectivity index (χ0) is 14.5. The quantitative estimate of drug-likeness (QED) is 0.783. The topological polar surface area (TPSA) is 29.5 Å². The lowest BCUT2D eigenvalue weighted by Gasteiger charge is -2.20. The van der Waals surface area contributed by atoms with Gasteiger partial charge in [-0.1, -0.05) is 28.8 Å². The van der Waals surface area contributed by atoms with Gasteiger partial charge in [0.1, 0.15) is 0 Å². The number of benzene rings is 1. The van der Waals surface area contributed by atoms with E-state index < -0.39 is 11.6 Å². The van der Waals surface area contributed by atoms with Crippen LogP contribution in [0.4, 0.5) is 8.78 Å². The predicted molar refractivity (Wildman–Crippen MR) is 74.6 cm³/mol. The normalized spacial score (nSPS) is 15.8. The van der Waals surface area contributed by atoms with E-state index in [4.69, 9.17) is 4.74 Å². The van der Waals surface area contributed by atoms with Crippen LogP contribution in [0.1, 0.15) is 25.7 Å². The molecule has 0 unspecified atom stereocenters. The molecule has 1 amide bonds. The van der Waals surface area contributed by atoms with Gasteiger partial charge in [0.15, 0.2) is 18.2 Å². The molecule has 0 bridgehead atoms. The molecular formula is C14H16BrF2NO2. The van der Waals surface area contributed by atoms with Crippen LogP contribution in [0.3, 0.4) is 0 Å². The Labute approximate surface area is 125 Å². The Morgan fingerprint density at radius 1 is 1.20 bits per heavy atom. The Bertz CT molecular complexity index is 488. The van der Waals surface area contributed by atoms with Gasteiger partial charge in [-0.25, -0.2) is 4.39 Å². The van der Waals surface area contributed by atoms with Crippen molar-refractivity contribution in [3.05, 3.63) is 28.2 Å². The van der Waals surface area contributed by atoms with E-state index in [-0.39, 0.29) is 18.3 Å². The number of ether oxygens (including phenoxy) is 1. The third-order valence-electron chi connectivity index (χ3n) is 3.27. The molecule has 1 fully saturated rings. The molecule has 0 aromatic heterocycles. The second-order valence-electron chi connectivity index (χ2n) is 4.78. The predicted octanol–water partition coefficient (Wildman–Crippen LogP) is 3.51. The van der Waals surface area contributed by atoms with Gasteiger partial charge >= 0.3 is 0 Å². The fourth-order valence-electron chi connectivity index (χ4n) is 2.19. The van der Waals surface area contributed by atoms with Gasteiger partial charge in [-0.3, -0.25) is 4.79 Å². The zero-order valence-corrected chi connectivity index (χ0v) is 12.6. The molecule has 3 nitrogen and oxygen atoms in total. The number of carbonyl (C=O) groups excluding carboxylic acids is 1.